The Morgan fingerprint density at radius 2 is 2.00 bits per heavy atom. The van der Waals surface area contributed by atoms with E-state index in [0.29, 0.717) is 12.8 Å². The molecular formula is C13H20N2O2. The molecule has 1 fully saturated rings. The van der Waals surface area contributed by atoms with E-state index in [4.69, 9.17) is 0 Å². The van der Waals surface area contributed by atoms with Crippen LogP contribution < -0.4 is 5.43 Å². The summed E-state index contributed by atoms with van der Waals surface area (Å²) in [5, 5.41) is 1.66. The van der Waals surface area contributed by atoms with Crippen molar-refractivity contribution in [2.45, 2.75) is 46.0 Å². The second-order valence-electron chi connectivity index (χ2n) is 5.77. The van der Waals surface area contributed by atoms with E-state index < -0.39 is 0 Å². The molecule has 1 heterocycles. The van der Waals surface area contributed by atoms with Gasteiger partial charge in [0.25, 0.3) is 0 Å². The maximum absolute atomic E-state index is 11.7. The first-order valence-electron chi connectivity index (χ1n) is 6.27. The summed E-state index contributed by atoms with van der Waals surface area (Å²) in [6.45, 7) is 4.90. The van der Waals surface area contributed by atoms with Gasteiger partial charge < -0.3 is 5.43 Å². The van der Waals surface area contributed by atoms with Crippen molar-refractivity contribution in [2.24, 2.45) is 5.41 Å². The van der Waals surface area contributed by atoms with Crippen LogP contribution in [0.5, 0.6) is 0 Å². The predicted molar refractivity (Wildman–Crippen MR) is 64.8 cm³/mol. The fourth-order valence-corrected chi connectivity index (χ4v) is 2.52. The summed E-state index contributed by atoms with van der Waals surface area (Å²) in [7, 11) is 0. The minimum atomic E-state index is -0.00694. The van der Waals surface area contributed by atoms with Gasteiger partial charge in [0.2, 0.25) is 5.91 Å². The van der Waals surface area contributed by atoms with Gasteiger partial charge in [-0.15, -0.1) is 0 Å². The highest BCUT2D eigenvalue weighted by molar-refractivity contribution is 5.91. The van der Waals surface area contributed by atoms with Crippen molar-refractivity contribution in [3.63, 3.8) is 0 Å². The average Bonchev–Trinajstić information content (AvgIpc) is 2.18. The van der Waals surface area contributed by atoms with Crippen LogP contribution in [0.15, 0.2) is 11.8 Å². The van der Waals surface area contributed by atoms with Gasteiger partial charge in [-0.1, -0.05) is 13.8 Å². The molecule has 0 aromatic heterocycles. The molecule has 1 N–H and O–H groups in total. The highest BCUT2D eigenvalue weighted by atomic mass is 16.2. The molecule has 0 saturated carbocycles. The van der Waals surface area contributed by atoms with Gasteiger partial charge in [-0.25, -0.2) is 0 Å². The van der Waals surface area contributed by atoms with E-state index in [1.165, 1.54) is 0 Å². The SMILES string of the molecule is CC1(C)CC(=O)C=C(NN2CCCCC2=O)C1. The lowest BCUT2D eigenvalue weighted by atomic mass is 9.79. The number of nitrogens with one attached hydrogen (secondary N) is 1. The third kappa shape index (κ3) is 3.08. The number of allylic oxidation sites excluding steroid dienone is 2. The summed E-state index contributed by atoms with van der Waals surface area (Å²) in [6, 6.07) is 0. The number of carbonyl (C=O) groups excluding carboxylic acids is 2. The van der Waals surface area contributed by atoms with E-state index in [2.05, 4.69) is 19.3 Å². The van der Waals surface area contributed by atoms with Crippen LogP contribution >= 0.6 is 0 Å². The maximum Gasteiger partial charge on any atom is 0.240 e. The van der Waals surface area contributed by atoms with Crippen molar-refractivity contribution in [3.05, 3.63) is 11.8 Å². The van der Waals surface area contributed by atoms with Crippen molar-refractivity contribution in [2.75, 3.05) is 6.54 Å². The minimum Gasteiger partial charge on any atom is -0.300 e. The summed E-state index contributed by atoms with van der Waals surface area (Å²) in [4.78, 5) is 23.3. The smallest absolute Gasteiger partial charge is 0.240 e. The van der Waals surface area contributed by atoms with Crippen LogP contribution in [0, 0.1) is 5.41 Å². The number of amides is 1. The Kier molecular flexibility index (Phi) is 3.22. The van der Waals surface area contributed by atoms with Gasteiger partial charge in [0, 0.05) is 31.2 Å². The topological polar surface area (TPSA) is 49.4 Å². The number of hydrogen-bond donors (Lipinski definition) is 1. The van der Waals surface area contributed by atoms with Crippen molar-refractivity contribution >= 4 is 11.7 Å². The molecule has 2 rings (SSSR count). The standard InChI is InChI=1S/C13H20N2O2/c1-13(2)8-10(7-11(16)9-13)14-15-6-4-3-5-12(15)17/h7,14H,3-6,8-9H2,1-2H3. The van der Waals surface area contributed by atoms with Crippen LogP contribution in [0.3, 0.4) is 0 Å². The number of ketones is 1. The monoisotopic (exact) mass is 236 g/mol. The van der Waals surface area contributed by atoms with E-state index in [1.54, 1.807) is 11.1 Å². The molecule has 1 aliphatic carbocycles. The molecule has 2 aliphatic rings. The molecule has 0 spiro atoms. The van der Waals surface area contributed by atoms with Crippen molar-refractivity contribution in [1.29, 1.82) is 0 Å². The zero-order valence-corrected chi connectivity index (χ0v) is 10.6. The zero-order valence-electron chi connectivity index (χ0n) is 10.6. The molecule has 0 aromatic carbocycles. The summed E-state index contributed by atoms with van der Waals surface area (Å²) in [6.07, 6.45) is 5.67. The van der Waals surface area contributed by atoms with Crippen LogP contribution in [0.4, 0.5) is 0 Å². The molecule has 0 unspecified atom stereocenters. The third-order valence-corrected chi connectivity index (χ3v) is 3.26. The molecule has 0 bridgehead atoms. The quantitative estimate of drug-likeness (QED) is 0.795. The predicted octanol–water partition coefficient (Wildman–Crippen LogP) is 1.78. The number of piperidine rings is 1. The summed E-state index contributed by atoms with van der Waals surface area (Å²) < 4.78 is 0. The molecule has 0 aromatic rings. The van der Waals surface area contributed by atoms with Gasteiger partial charge in [-0.05, 0) is 24.7 Å². The first kappa shape index (κ1) is 12.1. The highest BCUT2D eigenvalue weighted by Gasteiger charge is 2.29. The van der Waals surface area contributed by atoms with Crippen LogP contribution in [0.2, 0.25) is 0 Å². The molecule has 1 saturated heterocycles. The molecule has 1 amide bonds. The van der Waals surface area contributed by atoms with Crippen LogP contribution in [0.1, 0.15) is 46.0 Å². The Morgan fingerprint density at radius 1 is 1.24 bits per heavy atom. The first-order valence-corrected chi connectivity index (χ1v) is 6.27. The van der Waals surface area contributed by atoms with Crippen LogP contribution in [-0.2, 0) is 9.59 Å². The summed E-state index contributed by atoms with van der Waals surface area (Å²) in [5.41, 5.74) is 3.99. The molecule has 94 valence electrons. The summed E-state index contributed by atoms with van der Waals surface area (Å²) in [5.74, 6) is 0.279. The zero-order chi connectivity index (χ0) is 12.5. The average molecular weight is 236 g/mol. The van der Waals surface area contributed by atoms with E-state index in [-0.39, 0.29) is 17.1 Å². The second kappa shape index (κ2) is 4.51. The third-order valence-electron chi connectivity index (χ3n) is 3.26. The number of hydrazine groups is 1. The molecule has 0 atom stereocenters. The Morgan fingerprint density at radius 3 is 2.65 bits per heavy atom. The van der Waals surface area contributed by atoms with Gasteiger partial charge in [-0.2, -0.15) is 0 Å². The first-order chi connectivity index (χ1) is 7.96. The number of nitrogens with zero attached hydrogens (tertiary/aromatic N) is 1. The molecule has 0 radical (unpaired) electrons. The number of hydrogen-bond acceptors (Lipinski definition) is 3. The van der Waals surface area contributed by atoms with Crippen LogP contribution in [0.25, 0.3) is 0 Å². The van der Waals surface area contributed by atoms with E-state index in [1.807, 2.05) is 0 Å². The van der Waals surface area contributed by atoms with Crippen LogP contribution in [-0.4, -0.2) is 23.2 Å². The lowest BCUT2D eigenvalue weighted by molar-refractivity contribution is -0.136. The molecular weight excluding hydrogens is 216 g/mol. The lowest BCUT2D eigenvalue weighted by Crippen LogP contribution is -2.46. The molecule has 4 heteroatoms. The normalized spacial score (nSPS) is 24.6. The van der Waals surface area contributed by atoms with Gasteiger partial charge in [0.05, 0.1) is 0 Å². The fourth-order valence-electron chi connectivity index (χ4n) is 2.52. The Balaban J connectivity index is 2.03. The van der Waals surface area contributed by atoms with E-state index in [0.717, 1.165) is 31.5 Å². The minimum absolute atomic E-state index is 0.00694. The van der Waals surface area contributed by atoms with Gasteiger partial charge >= 0.3 is 0 Å². The van der Waals surface area contributed by atoms with Crippen molar-refractivity contribution in [1.82, 2.24) is 10.4 Å². The van der Waals surface area contributed by atoms with Crippen molar-refractivity contribution in [3.8, 4) is 0 Å². The number of rotatable bonds is 2. The number of carbonyl (C=O) groups is 2. The van der Waals surface area contributed by atoms with E-state index >= 15 is 0 Å². The largest absolute Gasteiger partial charge is 0.300 e. The van der Waals surface area contributed by atoms with E-state index in [9.17, 15) is 9.59 Å². The fraction of sp³-hybridized carbons (Fsp3) is 0.692. The Labute approximate surface area is 102 Å². The highest BCUT2D eigenvalue weighted by Crippen LogP contribution is 2.32. The lowest BCUT2D eigenvalue weighted by Gasteiger charge is -2.34. The van der Waals surface area contributed by atoms with Gasteiger partial charge in [0.15, 0.2) is 5.78 Å². The Bertz CT molecular complexity index is 372. The Hall–Kier alpha value is -1.32. The van der Waals surface area contributed by atoms with Gasteiger partial charge in [0.1, 0.15) is 0 Å². The molecule has 1 aliphatic heterocycles. The maximum atomic E-state index is 11.7. The molecule has 17 heavy (non-hydrogen) atoms. The second-order valence-corrected chi connectivity index (χ2v) is 5.77. The summed E-state index contributed by atoms with van der Waals surface area (Å²) >= 11 is 0. The van der Waals surface area contributed by atoms with Crippen molar-refractivity contribution < 1.29 is 9.59 Å². The van der Waals surface area contributed by atoms with Gasteiger partial charge in [-0.3, -0.25) is 14.6 Å². The molecule has 4 nitrogen and oxygen atoms in total.